The molecular formula is C66H59N3. The normalized spacial score (nSPS) is 31.2. The number of fused-ring (bicyclic) bond motifs is 14. The zero-order valence-electron chi connectivity index (χ0n) is 40.0. The highest BCUT2D eigenvalue weighted by molar-refractivity contribution is 6.27. The van der Waals surface area contributed by atoms with Crippen molar-refractivity contribution in [3.05, 3.63) is 136 Å². The van der Waals surface area contributed by atoms with E-state index >= 15 is 0 Å². The minimum absolute atomic E-state index is 0.455. The highest BCUT2D eigenvalue weighted by atomic mass is 14.9. The van der Waals surface area contributed by atoms with Gasteiger partial charge < -0.3 is 4.40 Å². The summed E-state index contributed by atoms with van der Waals surface area (Å²) in [6, 6.07) is 42.9. The van der Waals surface area contributed by atoms with Crippen molar-refractivity contribution < 1.29 is 0 Å². The van der Waals surface area contributed by atoms with Crippen molar-refractivity contribution in [2.75, 3.05) is 0 Å². The second kappa shape index (κ2) is 13.1. The summed E-state index contributed by atoms with van der Waals surface area (Å²) in [5, 5.41) is 28.4. The molecule has 8 aromatic rings. The molecule has 0 radical (unpaired) electrons. The van der Waals surface area contributed by atoms with E-state index in [2.05, 4.69) is 121 Å². The smallest absolute Gasteiger partial charge is 0.0995 e. The molecule has 2 heterocycles. The first-order valence-electron chi connectivity index (χ1n) is 27.4. The van der Waals surface area contributed by atoms with Gasteiger partial charge in [0.1, 0.15) is 0 Å². The Balaban J connectivity index is 1.02. The molecule has 7 bridgehead atoms. The van der Waals surface area contributed by atoms with Crippen LogP contribution in [0.3, 0.4) is 0 Å². The fourth-order valence-electron chi connectivity index (χ4n) is 21.1. The van der Waals surface area contributed by atoms with Crippen LogP contribution in [-0.4, -0.2) is 4.40 Å². The van der Waals surface area contributed by atoms with E-state index in [1.165, 1.54) is 196 Å². The van der Waals surface area contributed by atoms with E-state index in [1.807, 2.05) is 0 Å². The number of aryl methyl sites for hydroxylation is 1. The highest BCUT2D eigenvalue weighted by Crippen LogP contribution is 2.85. The lowest BCUT2D eigenvalue weighted by molar-refractivity contribution is -0.161. The summed E-state index contributed by atoms with van der Waals surface area (Å²) in [5.74, 6) is 5.07. The second-order valence-electron chi connectivity index (χ2n) is 25.0. The van der Waals surface area contributed by atoms with Crippen LogP contribution in [0.5, 0.6) is 0 Å². The zero-order valence-corrected chi connectivity index (χ0v) is 40.0. The fourth-order valence-corrected chi connectivity index (χ4v) is 21.1. The number of aromatic nitrogens is 1. The van der Waals surface area contributed by atoms with Gasteiger partial charge >= 0.3 is 0 Å². The zero-order chi connectivity index (χ0) is 45.3. The number of hydrogen-bond donors (Lipinski definition) is 0. The first kappa shape index (κ1) is 38.9. The lowest BCUT2D eigenvalue weighted by Gasteiger charge is -2.64. The van der Waals surface area contributed by atoms with Gasteiger partial charge in [-0.1, -0.05) is 98.5 Å². The molecule has 6 aromatic carbocycles. The van der Waals surface area contributed by atoms with E-state index in [4.69, 9.17) is 0 Å². The molecule has 7 atom stereocenters. The molecule has 3 heteroatoms. The highest BCUT2D eigenvalue weighted by Gasteiger charge is 2.76. The Morgan fingerprint density at radius 3 is 1.48 bits per heavy atom. The van der Waals surface area contributed by atoms with Gasteiger partial charge in [0.05, 0.1) is 39.8 Å². The summed E-state index contributed by atoms with van der Waals surface area (Å²) < 4.78 is 2.62. The standard InChI is InChI=1S/C66H59N3/c1-36-20-48(37-12-4-2-5-13-37)58(49(21-36)38-14-6-3-7-15-38)41-26-50-61-52(28-44(34-67)56-39-22-46-24-40(59(56)61)25-47(23-39)64(46)16-8-9-17-64)69-53-29-45(35-68)57-42-30-54-65(18-10-11-19-65)55-31-43(33-66(54,55)32-42)60(57)62(53)51(27-41)63(50)69/h2-7,12-15,20-21,26-29,39-40,42-43,46-47,54-55H,8-11,16-19,22-25,30-33H2,1H3. The van der Waals surface area contributed by atoms with Crippen LogP contribution in [0.1, 0.15) is 165 Å². The van der Waals surface area contributed by atoms with Crippen LogP contribution in [0, 0.1) is 69.5 Å². The number of nitriles is 2. The third-order valence-corrected chi connectivity index (χ3v) is 22.8. The van der Waals surface area contributed by atoms with Gasteiger partial charge in [-0.2, -0.15) is 10.5 Å². The van der Waals surface area contributed by atoms with Crippen LogP contribution < -0.4 is 0 Å². The number of nitrogens with zero attached hydrogens (tertiary/aromatic N) is 3. The predicted molar refractivity (Wildman–Crippen MR) is 278 cm³/mol. The molecule has 0 amide bonds. The van der Waals surface area contributed by atoms with E-state index in [-0.39, 0.29) is 0 Å². The molecule has 7 saturated carbocycles. The maximum absolute atomic E-state index is 11.4. The maximum Gasteiger partial charge on any atom is 0.0995 e. The largest absolute Gasteiger partial charge is 0.308 e. The van der Waals surface area contributed by atoms with E-state index in [0.29, 0.717) is 39.9 Å². The monoisotopic (exact) mass is 893 g/mol. The van der Waals surface area contributed by atoms with Crippen molar-refractivity contribution in [1.29, 1.82) is 10.5 Å². The average molecular weight is 894 g/mol. The summed E-state index contributed by atoms with van der Waals surface area (Å²) in [6.45, 7) is 2.26. The van der Waals surface area contributed by atoms with E-state index in [0.717, 1.165) is 34.8 Å². The molecule has 338 valence electrons. The summed E-state index contributed by atoms with van der Waals surface area (Å²) in [7, 11) is 0. The van der Waals surface area contributed by atoms with Crippen LogP contribution in [-0.2, 0) is 0 Å². The number of hydrogen-bond acceptors (Lipinski definition) is 2. The first-order chi connectivity index (χ1) is 33.9. The lowest BCUT2D eigenvalue weighted by Crippen LogP contribution is -2.58. The average Bonchev–Trinajstić information content (AvgIpc) is 4.24. The van der Waals surface area contributed by atoms with E-state index in [9.17, 15) is 10.5 Å². The van der Waals surface area contributed by atoms with Gasteiger partial charge in [-0.05, 0) is 233 Å². The van der Waals surface area contributed by atoms with Gasteiger partial charge in [0.2, 0.25) is 0 Å². The molecule has 7 fully saturated rings. The molecule has 18 rings (SSSR count). The lowest BCUT2D eigenvalue weighted by atomic mass is 9.40. The van der Waals surface area contributed by atoms with E-state index < -0.39 is 0 Å². The van der Waals surface area contributed by atoms with Gasteiger partial charge in [0.25, 0.3) is 0 Å². The van der Waals surface area contributed by atoms with E-state index in [1.54, 1.807) is 5.56 Å². The molecule has 0 aliphatic heterocycles. The Labute approximate surface area is 405 Å². The van der Waals surface area contributed by atoms with Crippen LogP contribution in [0.4, 0.5) is 0 Å². The van der Waals surface area contributed by atoms with Gasteiger partial charge in [-0.25, -0.2) is 0 Å². The van der Waals surface area contributed by atoms with Crippen molar-refractivity contribution >= 4 is 38.1 Å². The predicted octanol–water partition coefficient (Wildman–Crippen LogP) is 17.0. The van der Waals surface area contributed by atoms with Gasteiger partial charge in [-0.15, -0.1) is 0 Å². The van der Waals surface area contributed by atoms with Crippen molar-refractivity contribution in [3.63, 3.8) is 0 Å². The molecule has 3 spiro atoms. The molecule has 0 N–H and O–H groups in total. The minimum atomic E-state index is 0.455. The summed E-state index contributed by atoms with van der Waals surface area (Å²) in [6.07, 6.45) is 21.5. The molecule has 7 unspecified atom stereocenters. The third kappa shape index (κ3) is 4.55. The van der Waals surface area contributed by atoms with Crippen molar-refractivity contribution in [2.45, 2.75) is 133 Å². The molecule has 0 saturated heterocycles. The summed E-state index contributed by atoms with van der Waals surface area (Å²) in [5.41, 5.74) is 21.9. The van der Waals surface area contributed by atoms with Gasteiger partial charge in [-0.3, -0.25) is 0 Å². The number of benzene rings is 6. The molecule has 10 aliphatic carbocycles. The number of rotatable bonds is 3. The molecule has 3 nitrogen and oxygen atoms in total. The first-order valence-corrected chi connectivity index (χ1v) is 27.4. The van der Waals surface area contributed by atoms with Crippen molar-refractivity contribution in [2.24, 2.45) is 39.9 Å². The molecule has 69 heavy (non-hydrogen) atoms. The maximum atomic E-state index is 11.4. The van der Waals surface area contributed by atoms with Crippen molar-refractivity contribution in [3.8, 4) is 45.5 Å². The third-order valence-electron chi connectivity index (χ3n) is 22.8. The Morgan fingerprint density at radius 2 is 0.957 bits per heavy atom. The van der Waals surface area contributed by atoms with Crippen LogP contribution in [0.2, 0.25) is 0 Å². The van der Waals surface area contributed by atoms with Gasteiger partial charge in [0.15, 0.2) is 0 Å². The summed E-state index contributed by atoms with van der Waals surface area (Å²) in [4.78, 5) is 0. The summed E-state index contributed by atoms with van der Waals surface area (Å²) >= 11 is 0. The molecule has 10 aliphatic rings. The Morgan fingerprint density at radius 1 is 0.493 bits per heavy atom. The second-order valence-corrected chi connectivity index (χ2v) is 25.0. The topological polar surface area (TPSA) is 52.0 Å². The quantitative estimate of drug-likeness (QED) is 0.177. The Bertz CT molecular complexity index is 3600. The molecule has 2 aromatic heterocycles. The van der Waals surface area contributed by atoms with Crippen molar-refractivity contribution in [1.82, 2.24) is 4.40 Å². The van der Waals surface area contributed by atoms with Crippen LogP contribution in [0.15, 0.2) is 97.1 Å². The van der Waals surface area contributed by atoms with Gasteiger partial charge in [0, 0.05) is 21.5 Å². The fraction of sp³-hybridized carbons (Fsp3) is 0.424. The van der Waals surface area contributed by atoms with Crippen LogP contribution >= 0.6 is 0 Å². The van der Waals surface area contributed by atoms with Crippen LogP contribution in [0.25, 0.3) is 71.5 Å². The Hall–Kier alpha value is -5.90. The minimum Gasteiger partial charge on any atom is -0.308 e. The SMILES string of the molecule is Cc1cc(-c2ccccc2)c(-c2cc3c4c5c(c(C#N)cc4n4c6cc(C#N)c7c(c6c(c2)c34)C2CC3C4(CCCC4)C4CC7CC43C2)C2CC3CC5CC(C2)C32CCCC2)c(-c2ccccc2)c1. The molecular weight excluding hydrogens is 835 g/mol. The Kier molecular flexibility index (Phi) is 7.38.